The number of nitrogens with zero attached hydrogens (tertiary/aromatic N) is 1. The van der Waals surface area contributed by atoms with Crippen LogP contribution in [0.25, 0.3) is 0 Å². The number of rotatable bonds is 3. The van der Waals surface area contributed by atoms with Crippen LogP contribution in [-0.4, -0.2) is 6.29 Å². The first-order valence-corrected chi connectivity index (χ1v) is 5.53. The number of halogens is 1. The number of benzene rings is 2. The number of aldehydes is 1. The molecular formula is C14H8ClNO2. The van der Waals surface area contributed by atoms with Gasteiger partial charge in [-0.3, -0.25) is 4.79 Å². The van der Waals surface area contributed by atoms with E-state index in [2.05, 4.69) is 0 Å². The molecule has 0 unspecified atom stereocenters. The maximum Gasteiger partial charge on any atom is 0.151 e. The Morgan fingerprint density at radius 1 is 1.17 bits per heavy atom. The van der Waals surface area contributed by atoms with E-state index in [-0.39, 0.29) is 0 Å². The molecule has 0 aliphatic carbocycles. The highest BCUT2D eigenvalue weighted by Crippen LogP contribution is 2.26. The van der Waals surface area contributed by atoms with Gasteiger partial charge in [-0.05, 0) is 30.3 Å². The Kier molecular flexibility index (Phi) is 3.61. The standard InChI is InChI=1S/C14H8ClNO2/c15-14-7-13(5-4-11(14)9-17)18-12-3-1-2-10(6-12)8-16/h1-7,9H. The van der Waals surface area contributed by atoms with E-state index in [0.717, 1.165) is 0 Å². The Hall–Kier alpha value is -2.31. The minimum Gasteiger partial charge on any atom is -0.457 e. The third-order valence-electron chi connectivity index (χ3n) is 2.30. The van der Waals surface area contributed by atoms with E-state index in [1.54, 1.807) is 42.5 Å². The molecule has 0 aliphatic rings. The predicted molar refractivity (Wildman–Crippen MR) is 68.1 cm³/mol. The van der Waals surface area contributed by atoms with Crippen LogP contribution in [0.2, 0.25) is 5.02 Å². The number of nitriles is 1. The molecule has 0 N–H and O–H groups in total. The van der Waals surface area contributed by atoms with Crippen LogP contribution in [0, 0.1) is 11.3 Å². The summed E-state index contributed by atoms with van der Waals surface area (Å²) < 4.78 is 5.55. The third-order valence-corrected chi connectivity index (χ3v) is 2.63. The second-order valence-corrected chi connectivity index (χ2v) is 3.95. The van der Waals surface area contributed by atoms with E-state index in [9.17, 15) is 4.79 Å². The van der Waals surface area contributed by atoms with Gasteiger partial charge in [-0.1, -0.05) is 17.7 Å². The van der Waals surface area contributed by atoms with Crippen molar-refractivity contribution in [3.63, 3.8) is 0 Å². The summed E-state index contributed by atoms with van der Waals surface area (Å²) in [7, 11) is 0. The Morgan fingerprint density at radius 3 is 2.61 bits per heavy atom. The fraction of sp³-hybridized carbons (Fsp3) is 0. The molecule has 0 amide bonds. The molecule has 0 radical (unpaired) electrons. The Balaban J connectivity index is 2.26. The van der Waals surface area contributed by atoms with Crippen molar-refractivity contribution in [1.29, 1.82) is 5.26 Å². The van der Waals surface area contributed by atoms with Crippen LogP contribution in [0.1, 0.15) is 15.9 Å². The summed E-state index contributed by atoms with van der Waals surface area (Å²) in [4.78, 5) is 10.6. The maximum absolute atomic E-state index is 10.6. The van der Waals surface area contributed by atoms with Gasteiger partial charge in [0.1, 0.15) is 11.5 Å². The zero-order valence-electron chi connectivity index (χ0n) is 9.26. The number of carbonyl (C=O) groups is 1. The molecule has 88 valence electrons. The zero-order chi connectivity index (χ0) is 13.0. The molecule has 0 aromatic heterocycles. The van der Waals surface area contributed by atoms with Gasteiger partial charge in [0.05, 0.1) is 16.7 Å². The lowest BCUT2D eigenvalue weighted by Crippen LogP contribution is -1.87. The number of ether oxygens (including phenoxy) is 1. The first-order valence-electron chi connectivity index (χ1n) is 5.15. The SMILES string of the molecule is N#Cc1cccc(Oc2ccc(C=O)c(Cl)c2)c1. The molecule has 0 bridgehead atoms. The van der Waals surface area contributed by atoms with Gasteiger partial charge in [0, 0.05) is 11.6 Å². The van der Waals surface area contributed by atoms with Gasteiger partial charge >= 0.3 is 0 Å². The van der Waals surface area contributed by atoms with Crippen LogP contribution in [0.5, 0.6) is 11.5 Å². The van der Waals surface area contributed by atoms with Gasteiger partial charge in [0.25, 0.3) is 0 Å². The van der Waals surface area contributed by atoms with Crippen LogP contribution in [0.15, 0.2) is 42.5 Å². The van der Waals surface area contributed by atoms with Crippen molar-refractivity contribution in [3.8, 4) is 17.6 Å². The van der Waals surface area contributed by atoms with E-state index in [0.29, 0.717) is 33.9 Å². The highest BCUT2D eigenvalue weighted by Gasteiger charge is 2.03. The second kappa shape index (κ2) is 5.35. The Bertz CT molecular complexity index is 632. The monoisotopic (exact) mass is 257 g/mol. The second-order valence-electron chi connectivity index (χ2n) is 3.54. The number of carbonyl (C=O) groups excluding carboxylic acids is 1. The third kappa shape index (κ3) is 2.68. The fourth-order valence-corrected chi connectivity index (χ4v) is 1.65. The van der Waals surface area contributed by atoms with Crippen molar-refractivity contribution in [1.82, 2.24) is 0 Å². The van der Waals surface area contributed by atoms with Gasteiger partial charge in [-0.25, -0.2) is 0 Å². The highest BCUT2D eigenvalue weighted by molar-refractivity contribution is 6.33. The van der Waals surface area contributed by atoms with E-state index in [4.69, 9.17) is 21.6 Å². The molecule has 2 aromatic rings. The molecule has 2 aromatic carbocycles. The number of hydrogen-bond acceptors (Lipinski definition) is 3. The normalized spacial score (nSPS) is 9.56. The lowest BCUT2D eigenvalue weighted by atomic mass is 10.2. The van der Waals surface area contributed by atoms with Gasteiger partial charge in [-0.15, -0.1) is 0 Å². The Labute approximate surface area is 109 Å². The molecule has 0 heterocycles. The first-order chi connectivity index (χ1) is 8.72. The van der Waals surface area contributed by atoms with Crippen molar-refractivity contribution >= 4 is 17.9 Å². The average Bonchev–Trinajstić information content (AvgIpc) is 2.39. The van der Waals surface area contributed by atoms with Crippen molar-refractivity contribution in [2.45, 2.75) is 0 Å². The summed E-state index contributed by atoms with van der Waals surface area (Å²) in [6.45, 7) is 0. The average molecular weight is 258 g/mol. The zero-order valence-corrected chi connectivity index (χ0v) is 10.0. The molecule has 0 saturated heterocycles. The largest absolute Gasteiger partial charge is 0.457 e. The summed E-state index contributed by atoms with van der Waals surface area (Å²) in [5, 5.41) is 9.11. The van der Waals surface area contributed by atoms with Crippen molar-refractivity contribution in [3.05, 3.63) is 58.6 Å². The molecule has 0 saturated carbocycles. The van der Waals surface area contributed by atoms with Gasteiger partial charge in [0.15, 0.2) is 6.29 Å². The van der Waals surface area contributed by atoms with Gasteiger partial charge < -0.3 is 4.74 Å². The van der Waals surface area contributed by atoms with Crippen LogP contribution in [0.3, 0.4) is 0 Å². The molecular weight excluding hydrogens is 250 g/mol. The molecule has 3 nitrogen and oxygen atoms in total. The van der Waals surface area contributed by atoms with Crippen LogP contribution < -0.4 is 4.74 Å². The highest BCUT2D eigenvalue weighted by atomic mass is 35.5. The van der Waals surface area contributed by atoms with E-state index >= 15 is 0 Å². The molecule has 0 spiro atoms. The van der Waals surface area contributed by atoms with Crippen molar-refractivity contribution in [2.24, 2.45) is 0 Å². The lowest BCUT2D eigenvalue weighted by Gasteiger charge is -2.06. The molecule has 2 rings (SSSR count). The van der Waals surface area contributed by atoms with Crippen LogP contribution >= 0.6 is 11.6 Å². The molecule has 18 heavy (non-hydrogen) atoms. The Morgan fingerprint density at radius 2 is 1.94 bits per heavy atom. The fourth-order valence-electron chi connectivity index (χ4n) is 1.43. The van der Waals surface area contributed by atoms with Crippen LogP contribution in [0.4, 0.5) is 0 Å². The van der Waals surface area contributed by atoms with Crippen molar-refractivity contribution in [2.75, 3.05) is 0 Å². The van der Waals surface area contributed by atoms with E-state index < -0.39 is 0 Å². The minimum atomic E-state index is 0.332. The molecule has 0 aliphatic heterocycles. The van der Waals surface area contributed by atoms with Crippen molar-refractivity contribution < 1.29 is 9.53 Å². The topological polar surface area (TPSA) is 50.1 Å². The van der Waals surface area contributed by atoms with Gasteiger partial charge in [-0.2, -0.15) is 5.26 Å². The summed E-state index contributed by atoms with van der Waals surface area (Å²) in [5.41, 5.74) is 0.929. The molecule has 4 heteroatoms. The summed E-state index contributed by atoms with van der Waals surface area (Å²) in [6.07, 6.45) is 0.683. The van der Waals surface area contributed by atoms with Gasteiger partial charge in [0.2, 0.25) is 0 Å². The quantitative estimate of drug-likeness (QED) is 0.786. The van der Waals surface area contributed by atoms with Crippen LogP contribution in [-0.2, 0) is 0 Å². The molecule has 0 atom stereocenters. The van der Waals surface area contributed by atoms with E-state index in [1.165, 1.54) is 0 Å². The summed E-state index contributed by atoms with van der Waals surface area (Å²) in [5.74, 6) is 1.06. The summed E-state index contributed by atoms with van der Waals surface area (Å²) >= 11 is 5.89. The maximum atomic E-state index is 10.6. The molecule has 0 fully saturated rings. The first kappa shape index (κ1) is 12.2. The lowest BCUT2D eigenvalue weighted by molar-refractivity contribution is 0.112. The van der Waals surface area contributed by atoms with E-state index in [1.807, 2.05) is 6.07 Å². The number of hydrogen-bond donors (Lipinski definition) is 0. The smallest absolute Gasteiger partial charge is 0.151 e. The minimum absolute atomic E-state index is 0.332. The summed E-state index contributed by atoms with van der Waals surface area (Å²) in [6, 6.07) is 13.6. The predicted octanol–water partition coefficient (Wildman–Crippen LogP) is 3.82.